The molecule has 0 atom stereocenters. The smallest absolute Gasteiger partial charge is 0.267 e. The SMILES string of the molecule is NC(=O)c1cc(NCC2(CO)CCCC2)ccn1. The summed E-state index contributed by atoms with van der Waals surface area (Å²) in [5.74, 6) is -0.531. The molecular weight excluding hydrogens is 230 g/mol. The van der Waals surface area contributed by atoms with Crippen LogP contribution in [0.1, 0.15) is 36.2 Å². The highest BCUT2D eigenvalue weighted by Crippen LogP contribution is 2.37. The number of anilines is 1. The molecule has 0 aliphatic heterocycles. The fraction of sp³-hybridized carbons (Fsp3) is 0.538. The molecule has 1 aliphatic rings. The zero-order valence-corrected chi connectivity index (χ0v) is 10.4. The molecule has 1 amide bonds. The van der Waals surface area contributed by atoms with E-state index in [1.54, 1.807) is 18.3 Å². The van der Waals surface area contributed by atoms with E-state index in [-0.39, 0.29) is 17.7 Å². The van der Waals surface area contributed by atoms with E-state index in [1.807, 2.05) is 0 Å². The zero-order valence-electron chi connectivity index (χ0n) is 10.4. The van der Waals surface area contributed by atoms with Crippen molar-refractivity contribution in [3.05, 3.63) is 24.0 Å². The second-order valence-corrected chi connectivity index (χ2v) is 5.01. The molecule has 98 valence electrons. The van der Waals surface area contributed by atoms with Crippen molar-refractivity contribution in [2.24, 2.45) is 11.1 Å². The number of carbonyl (C=O) groups excluding carboxylic acids is 1. The Balaban J connectivity index is 2.01. The standard InChI is InChI=1S/C13H19N3O2/c14-12(18)11-7-10(3-6-15-11)16-8-13(9-17)4-1-2-5-13/h3,6-7,17H,1-2,4-5,8-9H2,(H2,14,18)(H,15,16). The highest BCUT2D eigenvalue weighted by atomic mass is 16.3. The number of hydrogen-bond acceptors (Lipinski definition) is 4. The van der Waals surface area contributed by atoms with Gasteiger partial charge in [0.2, 0.25) is 0 Å². The molecule has 1 saturated carbocycles. The number of aliphatic hydroxyl groups is 1. The number of nitrogens with zero attached hydrogens (tertiary/aromatic N) is 1. The van der Waals surface area contributed by atoms with Gasteiger partial charge in [-0.25, -0.2) is 0 Å². The molecule has 1 heterocycles. The van der Waals surface area contributed by atoms with Crippen molar-refractivity contribution in [1.82, 2.24) is 4.98 Å². The number of primary amides is 1. The molecule has 0 spiro atoms. The first-order valence-corrected chi connectivity index (χ1v) is 6.26. The molecule has 1 aromatic rings. The first-order chi connectivity index (χ1) is 8.65. The van der Waals surface area contributed by atoms with Gasteiger partial charge in [0, 0.05) is 23.8 Å². The quantitative estimate of drug-likeness (QED) is 0.730. The summed E-state index contributed by atoms with van der Waals surface area (Å²) in [6.07, 6.45) is 5.99. The molecule has 0 aromatic carbocycles. The second kappa shape index (κ2) is 5.35. The molecule has 0 radical (unpaired) electrons. The molecule has 5 nitrogen and oxygen atoms in total. The number of amides is 1. The van der Waals surface area contributed by atoms with Crippen molar-refractivity contribution in [1.29, 1.82) is 0 Å². The summed E-state index contributed by atoms with van der Waals surface area (Å²) >= 11 is 0. The lowest BCUT2D eigenvalue weighted by Crippen LogP contribution is -2.30. The average molecular weight is 249 g/mol. The van der Waals surface area contributed by atoms with Crippen LogP contribution in [0.25, 0.3) is 0 Å². The minimum atomic E-state index is -0.531. The number of aliphatic hydroxyl groups excluding tert-OH is 1. The number of aromatic nitrogens is 1. The van der Waals surface area contributed by atoms with Gasteiger partial charge in [-0.3, -0.25) is 9.78 Å². The minimum Gasteiger partial charge on any atom is -0.396 e. The number of rotatable bonds is 5. The van der Waals surface area contributed by atoms with E-state index in [2.05, 4.69) is 10.3 Å². The summed E-state index contributed by atoms with van der Waals surface area (Å²) in [6, 6.07) is 3.44. The summed E-state index contributed by atoms with van der Waals surface area (Å²) in [6.45, 7) is 0.916. The molecule has 4 N–H and O–H groups in total. The van der Waals surface area contributed by atoms with Crippen molar-refractivity contribution in [2.45, 2.75) is 25.7 Å². The van der Waals surface area contributed by atoms with E-state index >= 15 is 0 Å². The summed E-state index contributed by atoms with van der Waals surface area (Å²) in [5, 5.41) is 12.8. The Labute approximate surface area is 106 Å². The molecule has 18 heavy (non-hydrogen) atoms. The third-order valence-electron chi connectivity index (χ3n) is 3.68. The topological polar surface area (TPSA) is 88.2 Å². The number of nitrogens with two attached hydrogens (primary N) is 1. The Morgan fingerprint density at radius 2 is 2.22 bits per heavy atom. The van der Waals surface area contributed by atoms with Crippen LogP contribution in [0.4, 0.5) is 5.69 Å². The maximum atomic E-state index is 11.0. The summed E-state index contributed by atoms with van der Waals surface area (Å²) in [7, 11) is 0. The van der Waals surface area contributed by atoms with Crippen LogP contribution in [0.15, 0.2) is 18.3 Å². The summed E-state index contributed by atoms with van der Waals surface area (Å²) in [5.41, 5.74) is 6.24. The fourth-order valence-electron chi connectivity index (χ4n) is 2.48. The van der Waals surface area contributed by atoms with Crippen LogP contribution in [0.3, 0.4) is 0 Å². The summed E-state index contributed by atoms with van der Waals surface area (Å²) < 4.78 is 0. The Morgan fingerprint density at radius 3 is 2.83 bits per heavy atom. The lowest BCUT2D eigenvalue weighted by atomic mass is 9.87. The predicted octanol–water partition coefficient (Wildman–Crippen LogP) is 1.15. The Hall–Kier alpha value is -1.62. The predicted molar refractivity (Wildman–Crippen MR) is 69.2 cm³/mol. The van der Waals surface area contributed by atoms with Crippen LogP contribution >= 0.6 is 0 Å². The van der Waals surface area contributed by atoms with E-state index in [1.165, 1.54) is 12.8 Å². The van der Waals surface area contributed by atoms with E-state index in [0.717, 1.165) is 18.5 Å². The minimum absolute atomic E-state index is 0.0177. The van der Waals surface area contributed by atoms with Gasteiger partial charge in [-0.1, -0.05) is 12.8 Å². The number of nitrogens with one attached hydrogen (secondary N) is 1. The number of hydrogen-bond donors (Lipinski definition) is 3. The molecule has 0 saturated heterocycles. The third-order valence-corrected chi connectivity index (χ3v) is 3.68. The van der Waals surface area contributed by atoms with Crippen molar-refractivity contribution in [3.63, 3.8) is 0 Å². The van der Waals surface area contributed by atoms with Gasteiger partial charge in [0.15, 0.2) is 0 Å². The molecule has 2 rings (SSSR count). The first-order valence-electron chi connectivity index (χ1n) is 6.26. The van der Waals surface area contributed by atoms with E-state index < -0.39 is 5.91 Å². The van der Waals surface area contributed by atoms with Crippen LogP contribution in [0, 0.1) is 5.41 Å². The van der Waals surface area contributed by atoms with Gasteiger partial charge in [-0.05, 0) is 25.0 Å². The van der Waals surface area contributed by atoms with Crippen LogP contribution in [-0.2, 0) is 0 Å². The largest absolute Gasteiger partial charge is 0.396 e. The number of carbonyl (C=O) groups is 1. The van der Waals surface area contributed by atoms with E-state index in [4.69, 9.17) is 5.73 Å². The first kappa shape index (κ1) is 12.8. The third kappa shape index (κ3) is 2.79. The van der Waals surface area contributed by atoms with Gasteiger partial charge in [0.1, 0.15) is 5.69 Å². The van der Waals surface area contributed by atoms with Crippen LogP contribution < -0.4 is 11.1 Å². The Kier molecular flexibility index (Phi) is 3.81. The molecule has 0 bridgehead atoms. The Morgan fingerprint density at radius 1 is 1.50 bits per heavy atom. The van der Waals surface area contributed by atoms with Gasteiger partial charge in [0.25, 0.3) is 5.91 Å². The summed E-state index contributed by atoms with van der Waals surface area (Å²) in [4.78, 5) is 14.9. The average Bonchev–Trinajstić information content (AvgIpc) is 2.86. The van der Waals surface area contributed by atoms with Crippen molar-refractivity contribution >= 4 is 11.6 Å². The highest BCUT2D eigenvalue weighted by molar-refractivity contribution is 5.91. The van der Waals surface area contributed by atoms with Crippen LogP contribution in [0.2, 0.25) is 0 Å². The fourth-order valence-corrected chi connectivity index (χ4v) is 2.48. The zero-order chi connectivity index (χ0) is 13.0. The highest BCUT2D eigenvalue weighted by Gasteiger charge is 2.32. The molecule has 1 fully saturated rings. The molecule has 0 unspecified atom stereocenters. The van der Waals surface area contributed by atoms with Crippen molar-refractivity contribution in [2.75, 3.05) is 18.5 Å². The van der Waals surface area contributed by atoms with Crippen LogP contribution in [0.5, 0.6) is 0 Å². The van der Waals surface area contributed by atoms with E-state index in [9.17, 15) is 9.90 Å². The lowest BCUT2D eigenvalue weighted by molar-refractivity contribution is 0.0995. The van der Waals surface area contributed by atoms with Crippen LogP contribution in [-0.4, -0.2) is 29.1 Å². The Bertz CT molecular complexity index is 428. The number of pyridine rings is 1. The van der Waals surface area contributed by atoms with Gasteiger partial charge >= 0.3 is 0 Å². The molecular formula is C13H19N3O2. The molecule has 1 aromatic heterocycles. The van der Waals surface area contributed by atoms with Gasteiger partial charge in [-0.15, -0.1) is 0 Å². The van der Waals surface area contributed by atoms with Crippen molar-refractivity contribution in [3.8, 4) is 0 Å². The van der Waals surface area contributed by atoms with Gasteiger partial charge in [0.05, 0.1) is 6.61 Å². The normalized spacial score (nSPS) is 17.6. The van der Waals surface area contributed by atoms with Gasteiger partial charge in [-0.2, -0.15) is 0 Å². The molecule has 1 aliphatic carbocycles. The lowest BCUT2D eigenvalue weighted by Gasteiger charge is -2.27. The second-order valence-electron chi connectivity index (χ2n) is 5.01. The van der Waals surface area contributed by atoms with E-state index in [0.29, 0.717) is 6.54 Å². The molecule has 5 heteroatoms. The monoisotopic (exact) mass is 249 g/mol. The van der Waals surface area contributed by atoms with Gasteiger partial charge < -0.3 is 16.2 Å². The van der Waals surface area contributed by atoms with Crippen molar-refractivity contribution < 1.29 is 9.90 Å². The maximum absolute atomic E-state index is 11.0. The maximum Gasteiger partial charge on any atom is 0.267 e.